The van der Waals surface area contributed by atoms with Gasteiger partial charge in [-0.25, -0.2) is 0 Å². The van der Waals surface area contributed by atoms with Crippen LogP contribution in [-0.2, 0) is 6.54 Å². The number of aliphatic hydroxyl groups excluding tert-OH is 1. The number of nitrogens with zero attached hydrogens (tertiary/aromatic N) is 1. The quantitative estimate of drug-likeness (QED) is 0.872. The monoisotopic (exact) mass is 253 g/mol. The molecule has 0 bridgehead atoms. The maximum absolute atomic E-state index is 9.15. The Balaban J connectivity index is 2.10. The summed E-state index contributed by atoms with van der Waals surface area (Å²) in [5, 5.41) is 9.99. The topological polar surface area (TPSA) is 23.5 Å². The zero-order chi connectivity index (χ0) is 12.3. The van der Waals surface area contributed by atoms with Crippen LogP contribution >= 0.6 is 11.6 Å². The van der Waals surface area contributed by atoms with Crippen LogP contribution in [0.2, 0.25) is 5.02 Å². The Hall–Kier alpha value is -0.570. The van der Waals surface area contributed by atoms with Crippen LogP contribution in [0.25, 0.3) is 0 Å². The number of benzene rings is 1. The minimum Gasteiger partial charge on any atom is -0.395 e. The van der Waals surface area contributed by atoms with Crippen molar-refractivity contribution in [3.63, 3.8) is 0 Å². The second kappa shape index (κ2) is 5.85. The first-order valence-corrected chi connectivity index (χ1v) is 6.69. The van der Waals surface area contributed by atoms with Crippen LogP contribution in [0.5, 0.6) is 0 Å². The zero-order valence-corrected chi connectivity index (χ0v) is 11.1. The van der Waals surface area contributed by atoms with Gasteiger partial charge in [0, 0.05) is 24.2 Å². The van der Waals surface area contributed by atoms with Gasteiger partial charge in [-0.15, -0.1) is 0 Å². The van der Waals surface area contributed by atoms with Gasteiger partial charge in [0.15, 0.2) is 0 Å². The highest BCUT2D eigenvalue weighted by atomic mass is 35.5. The zero-order valence-electron chi connectivity index (χ0n) is 10.3. The molecule has 2 rings (SSSR count). The predicted octanol–water partition coefficient (Wildman–Crippen LogP) is 3.00. The average molecular weight is 254 g/mol. The van der Waals surface area contributed by atoms with Crippen LogP contribution in [0.1, 0.15) is 30.4 Å². The van der Waals surface area contributed by atoms with E-state index < -0.39 is 0 Å². The largest absolute Gasteiger partial charge is 0.395 e. The standard InChI is InChI=1S/C14H20ClNO/c1-11-4-2-7-14(15)13(11)10-16(8-9-17)12-5-3-6-12/h2,4,7,12,17H,3,5-6,8-10H2,1H3. The Morgan fingerprint density at radius 1 is 1.41 bits per heavy atom. The number of rotatable bonds is 5. The van der Waals surface area contributed by atoms with Gasteiger partial charge in [0.1, 0.15) is 0 Å². The van der Waals surface area contributed by atoms with Crippen molar-refractivity contribution in [3.8, 4) is 0 Å². The van der Waals surface area contributed by atoms with E-state index in [0.717, 1.165) is 18.1 Å². The molecule has 1 aliphatic rings. The molecule has 0 amide bonds. The van der Waals surface area contributed by atoms with Gasteiger partial charge in [0.25, 0.3) is 0 Å². The fraction of sp³-hybridized carbons (Fsp3) is 0.571. The Morgan fingerprint density at radius 2 is 2.18 bits per heavy atom. The van der Waals surface area contributed by atoms with Gasteiger partial charge in [-0.1, -0.05) is 30.2 Å². The summed E-state index contributed by atoms with van der Waals surface area (Å²) in [6, 6.07) is 6.67. The lowest BCUT2D eigenvalue weighted by atomic mass is 9.91. The average Bonchev–Trinajstić information content (AvgIpc) is 2.21. The van der Waals surface area contributed by atoms with Crippen molar-refractivity contribution in [1.29, 1.82) is 0 Å². The highest BCUT2D eigenvalue weighted by Crippen LogP contribution is 2.28. The molecule has 1 aromatic rings. The molecular formula is C14H20ClNO. The smallest absolute Gasteiger partial charge is 0.0558 e. The first-order chi connectivity index (χ1) is 8.22. The van der Waals surface area contributed by atoms with E-state index in [-0.39, 0.29) is 6.61 Å². The molecule has 0 spiro atoms. The van der Waals surface area contributed by atoms with Crippen molar-refractivity contribution in [3.05, 3.63) is 34.3 Å². The lowest BCUT2D eigenvalue weighted by molar-refractivity contribution is 0.0944. The number of halogens is 1. The van der Waals surface area contributed by atoms with Gasteiger partial charge in [-0.05, 0) is 37.0 Å². The molecule has 0 heterocycles. The second-order valence-corrected chi connectivity index (χ2v) is 5.22. The summed E-state index contributed by atoms with van der Waals surface area (Å²) in [6.07, 6.45) is 3.82. The molecule has 1 aliphatic carbocycles. The van der Waals surface area contributed by atoms with Gasteiger partial charge in [-0.2, -0.15) is 0 Å². The third-order valence-corrected chi connectivity index (χ3v) is 4.05. The summed E-state index contributed by atoms with van der Waals surface area (Å²) in [5.41, 5.74) is 2.44. The van der Waals surface area contributed by atoms with E-state index in [1.807, 2.05) is 12.1 Å². The maximum Gasteiger partial charge on any atom is 0.0558 e. The van der Waals surface area contributed by atoms with Crippen LogP contribution in [-0.4, -0.2) is 29.2 Å². The van der Waals surface area contributed by atoms with E-state index in [4.69, 9.17) is 16.7 Å². The number of aliphatic hydroxyl groups is 1. The molecule has 0 aliphatic heterocycles. The van der Waals surface area contributed by atoms with Crippen LogP contribution in [0.3, 0.4) is 0 Å². The summed E-state index contributed by atoms with van der Waals surface area (Å²) < 4.78 is 0. The minimum atomic E-state index is 0.222. The Labute approximate surface area is 108 Å². The predicted molar refractivity (Wildman–Crippen MR) is 71.3 cm³/mol. The first kappa shape index (κ1) is 12.9. The molecule has 0 radical (unpaired) electrons. The van der Waals surface area contributed by atoms with Gasteiger partial charge >= 0.3 is 0 Å². The van der Waals surface area contributed by atoms with Crippen molar-refractivity contribution in [2.45, 2.75) is 38.8 Å². The molecule has 94 valence electrons. The van der Waals surface area contributed by atoms with Crippen molar-refractivity contribution in [1.82, 2.24) is 4.90 Å². The summed E-state index contributed by atoms with van der Waals surface area (Å²) >= 11 is 6.25. The van der Waals surface area contributed by atoms with Crippen LogP contribution < -0.4 is 0 Å². The van der Waals surface area contributed by atoms with Gasteiger partial charge in [0.05, 0.1) is 6.61 Å². The summed E-state index contributed by atoms with van der Waals surface area (Å²) in [4.78, 5) is 2.36. The van der Waals surface area contributed by atoms with E-state index in [1.54, 1.807) is 0 Å². The Morgan fingerprint density at radius 3 is 2.71 bits per heavy atom. The molecule has 1 saturated carbocycles. The highest BCUT2D eigenvalue weighted by molar-refractivity contribution is 6.31. The lowest BCUT2D eigenvalue weighted by Crippen LogP contribution is -2.41. The number of hydrogen-bond acceptors (Lipinski definition) is 2. The molecule has 2 nitrogen and oxygen atoms in total. The molecule has 0 aromatic heterocycles. The third-order valence-electron chi connectivity index (χ3n) is 3.69. The number of aryl methyl sites for hydroxylation is 1. The van der Waals surface area contributed by atoms with Crippen LogP contribution in [0.15, 0.2) is 18.2 Å². The van der Waals surface area contributed by atoms with E-state index >= 15 is 0 Å². The fourth-order valence-corrected chi connectivity index (χ4v) is 2.62. The molecule has 1 fully saturated rings. The third kappa shape index (κ3) is 3.01. The second-order valence-electron chi connectivity index (χ2n) is 4.81. The van der Waals surface area contributed by atoms with Gasteiger partial charge in [0.2, 0.25) is 0 Å². The van der Waals surface area contributed by atoms with Crippen molar-refractivity contribution >= 4 is 11.6 Å². The molecule has 1 aromatic carbocycles. The minimum absolute atomic E-state index is 0.222. The molecule has 3 heteroatoms. The lowest BCUT2D eigenvalue weighted by Gasteiger charge is -2.37. The highest BCUT2D eigenvalue weighted by Gasteiger charge is 2.25. The van der Waals surface area contributed by atoms with Crippen LogP contribution in [0.4, 0.5) is 0 Å². The molecular weight excluding hydrogens is 234 g/mol. The summed E-state index contributed by atoms with van der Waals surface area (Å²) in [5.74, 6) is 0. The van der Waals surface area contributed by atoms with E-state index in [0.29, 0.717) is 6.04 Å². The van der Waals surface area contributed by atoms with Crippen molar-refractivity contribution < 1.29 is 5.11 Å². The van der Waals surface area contributed by atoms with Gasteiger partial charge in [-0.3, -0.25) is 4.90 Å². The first-order valence-electron chi connectivity index (χ1n) is 6.31. The van der Waals surface area contributed by atoms with Crippen molar-refractivity contribution in [2.24, 2.45) is 0 Å². The maximum atomic E-state index is 9.15. The SMILES string of the molecule is Cc1cccc(Cl)c1CN(CCO)C1CCC1. The molecule has 17 heavy (non-hydrogen) atoms. The van der Waals surface area contributed by atoms with Crippen molar-refractivity contribution in [2.75, 3.05) is 13.2 Å². The number of hydrogen-bond donors (Lipinski definition) is 1. The van der Waals surface area contributed by atoms with Gasteiger partial charge < -0.3 is 5.11 Å². The Kier molecular flexibility index (Phi) is 4.43. The summed E-state index contributed by atoms with van der Waals surface area (Å²) in [7, 11) is 0. The molecule has 1 N–H and O–H groups in total. The molecule has 0 atom stereocenters. The van der Waals surface area contributed by atoms with E-state index in [2.05, 4.69) is 17.9 Å². The normalized spacial score (nSPS) is 16.2. The molecule has 0 saturated heterocycles. The van der Waals surface area contributed by atoms with Crippen LogP contribution in [0, 0.1) is 6.92 Å². The molecule has 0 unspecified atom stereocenters. The summed E-state index contributed by atoms with van der Waals surface area (Å²) in [6.45, 7) is 3.92. The van der Waals surface area contributed by atoms with E-state index in [1.165, 1.54) is 30.4 Å². The Bertz CT molecular complexity index is 356. The fourth-order valence-electron chi connectivity index (χ4n) is 2.34. The van der Waals surface area contributed by atoms with E-state index in [9.17, 15) is 0 Å².